The number of ketones is 1. The Labute approximate surface area is 121 Å². The molecule has 0 saturated heterocycles. The second-order valence-electron chi connectivity index (χ2n) is 6.83. The Morgan fingerprint density at radius 2 is 1.35 bits per heavy atom. The highest BCUT2D eigenvalue weighted by Crippen LogP contribution is 2.16. The lowest BCUT2D eigenvalue weighted by Gasteiger charge is -2.20. The number of carbonyl (C=O) groups is 3. The van der Waals surface area contributed by atoms with Crippen LogP contribution in [0.5, 0.6) is 0 Å². The Kier molecular flexibility index (Phi) is 6.85. The van der Waals surface area contributed by atoms with Gasteiger partial charge in [0.2, 0.25) is 11.8 Å². The van der Waals surface area contributed by atoms with Gasteiger partial charge in [-0.15, -0.1) is 0 Å². The maximum atomic E-state index is 11.6. The molecular formula is C14H27N3O3. The van der Waals surface area contributed by atoms with Crippen molar-refractivity contribution in [2.45, 2.75) is 53.5 Å². The van der Waals surface area contributed by atoms with Crippen molar-refractivity contribution in [3.63, 3.8) is 0 Å². The molecule has 0 unspecified atom stereocenters. The Bertz CT molecular complexity index is 365. The molecule has 0 rings (SSSR count). The highest BCUT2D eigenvalue weighted by atomic mass is 16.2. The van der Waals surface area contributed by atoms with Crippen LogP contribution in [-0.2, 0) is 14.4 Å². The monoisotopic (exact) mass is 285 g/mol. The third-order valence-electron chi connectivity index (χ3n) is 2.51. The third kappa shape index (κ3) is 9.49. The number of Topliss-reactive ketones (excluding diaryl/α,β-unsaturated/α-hetero) is 1. The highest BCUT2D eigenvalue weighted by molar-refractivity contribution is 6.00. The molecular weight excluding hydrogens is 258 g/mol. The molecule has 3 N–H and O–H groups in total. The summed E-state index contributed by atoms with van der Waals surface area (Å²) in [5, 5.41) is 8.08. The van der Waals surface area contributed by atoms with Crippen molar-refractivity contribution in [2.24, 2.45) is 5.41 Å². The Morgan fingerprint density at radius 3 is 1.80 bits per heavy atom. The van der Waals surface area contributed by atoms with Crippen LogP contribution in [0.1, 0.15) is 48.0 Å². The summed E-state index contributed by atoms with van der Waals surface area (Å²) in [5.74, 6) is -0.716. The molecule has 20 heavy (non-hydrogen) atoms. The van der Waals surface area contributed by atoms with Crippen LogP contribution in [-0.4, -0.2) is 36.3 Å². The van der Waals surface area contributed by atoms with Crippen LogP contribution in [0.4, 0.5) is 0 Å². The largest absolute Gasteiger partial charge is 0.338 e. The quantitative estimate of drug-likeness (QED) is 0.492. The van der Waals surface area contributed by atoms with E-state index in [9.17, 15) is 14.4 Å². The minimum absolute atomic E-state index is 0.0287. The number of rotatable bonds is 6. The molecule has 0 aromatic rings. The van der Waals surface area contributed by atoms with E-state index in [-0.39, 0.29) is 42.8 Å². The molecule has 2 amide bonds. The van der Waals surface area contributed by atoms with Crippen LogP contribution < -0.4 is 16.0 Å². The highest BCUT2D eigenvalue weighted by Gasteiger charge is 2.23. The maximum absolute atomic E-state index is 11.6. The van der Waals surface area contributed by atoms with Crippen molar-refractivity contribution in [1.29, 1.82) is 0 Å². The molecule has 0 aliphatic carbocycles. The van der Waals surface area contributed by atoms with Gasteiger partial charge in [-0.2, -0.15) is 0 Å². The van der Waals surface area contributed by atoms with Crippen molar-refractivity contribution in [3.8, 4) is 0 Å². The molecule has 0 radical (unpaired) electrons. The van der Waals surface area contributed by atoms with Gasteiger partial charge >= 0.3 is 0 Å². The van der Waals surface area contributed by atoms with E-state index in [0.29, 0.717) is 0 Å². The third-order valence-corrected chi connectivity index (χ3v) is 2.51. The number of carbonyl (C=O) groups excluding carboxylic acids is 3. The normalized spacial score (nSPS) is 11.9. The topological polar surface area (TPSA) is 87.3 Å². The summed E-state index contributed by atoms with van der Waals surface area (Å²) < 4.78 is 0. The van der Waals surface area contributed by atoms with E-state index >= 15 is 0 Å². The Hall–Kier alpha value is -1.43. The minimum atomic E-state index is -0.531. The molecule has 6 nitrogen and oxygen atoms in total. The summed E-state index contributed by atoms with van der Waals surface area (Å²) in [4.78, 5) is 34.6. The summed E-state index contributed by atoms with van der Waals surface area (Å²) >= 11 is 0. The lowest BCUT2D eigenvalue weighted by Crippen LogP contribution is -2.46. The van der Waals surface area contributed by atoms with Crippen molar-refractivity contribution in [2.75, 3.05) is 13.2 Å². The van der Waals surface area contributed by atoms with Gasteiger partial charge in [0.1, 0.15) is 5.78 Å². The van der Waals surface area contributed by atoms with Crippen molar-refractivity contribution >= 4 is 17.6 Å². The van der Waals surface area contributed by atoms with Gasteiger partial charge in [0.15, 0.2) is 0 Å². The minimum Gasteiger partial charge on any atom is -0.338 e. The molecule has 0 aliphatic heterocycles. The molecule has 0 heterocycles. The fraction of sp³-hybridized carbons (Fsp3) is 0.786. The van der Waals surface area contributed by atoms with Crippen LogP contribution in [0.2, 0.25) is 0 Å². The zero-order chi connectivity index (χ0) is 16.0. The fourth-order valence-electron chi connectivity index (χ4n) is 1.12. The number of nitrogens with one attached hydrogen (secondary N) is 3. The predicted molar refractivity (Wildman–Crippen MR) is 78.0 cm³/mol. The smallest absolute Gasteiger partial charge is 0.235 e. The first-order chi connectivity index (χ1) is 8.92. The van der Waals surface area contributed by atoms with Crippen LogP contribution in [0.25, 0.3) is 0 Å². The van der Waals surface area contributed by atoms with Crippen LogP contribution >= 0.6 is 0 Å². The fourth-order valence-corrected chi connectivity index (χ4v) is 1.12. The number of hydrogen-bond acceptors (Lipinski definition) is 4. The van der Waals surface area contributed by atoms with Crippen molar-refractivity contribution in [1.82, 2.24) is 16.0 Å². The van der Waals surface area contributed by atoms with E-state index in [0.717, 1.165) is 0 Å². The van der Waals surface area contributed by atoms with Gasteiger partial charge in [-0.3, -0.25) is 14.4 Å². The Morgan fingerprint density at radius 1 is 0.850 bits per heavy atom. The lowest BCUT2D eigenvalue weighted by atomic mass is 9.89. The predicted octanol–water partition coefficient (Wildman–Crippen LogP) is 0.570. The van der Waals surface area contributed by atoms with Gasteiger partial charge in [0.05, 0.1) is 19.6 Å². The van der Waals surface area contributed by atoms with Gasteiger partial charge in [-0.1, -0.05) is 20.8 Å². The van der Waals surface area contributed by atoms with Gasteiger partial charge in [0, 0.05) is 11.0 Å². The van der Waals surface area contributed by atoms with Gasteiger partial charge in [-0.25, -0.2) is 0 Å². The molecule has 0 atom stereocenters. The van der Waals surface area contributed by atoms with E-state index in [4.69, 9.17) is 0 Å². The summed E-state index contributed by atoms with van der Waals surface area (Å²) in [6.07, 6.45) is -0.167. The second-order valence-corrected chi connectivity index (χ2v) is 6.83. The molecule has 6 heteroatoms. The summed E-state index contributed by atoms with van der Waals surface area (Å²) in [6.45, 7) is 11.4. The first kappa shape index (κ1) is 18.6. The average molecular weight is 285 g/mol. The Balaban J connectivity index is 3.87. The van der Waals surface area contributed by atoms with Gasteiger partial charge < -0.3 is 16.0 Å². The van der Waals surface area contributed by atoms with E-state index in [1.165, 1.54) is 0 Å². The molecule has 116 valence electrons. The molecule has 0 spiro atoms. The molecule has 0 aromatic carbocycles. The maximum Gasteiger partial charge on any atom is 0.235 e. The van der Waals surface area contributed by atoms with Crippen LogP contribution in [0.3, 0.4) is 0 Å². The second kappa shape index (κ2) is 7.38. The lowest BCUT2D eigenvalue weighted by molar-refractivity contribution is -0.132. The number of hydrogen-bond donors (Lipinski definition) is 3. The van der Waals surface area contributed by atoms with E-state index in [1.807, 2.05) is 20.8 Å². The summed E-state index contributed by atoms with van der Waals surface area (Å²) in [7, 11) is 0. The standard InChI is InChI=1S/C14H27N3O3/c1-13(2,3)10(18)7-11(19)15-9-16-12(20)8-17-14(4,5)6/h17H,7-9H2,1-6H3,(H,15,19)(H,16,20). The SMILES string of the molecule is CC(C)(C)NCC(=O)NCNC(=O)CC(=O)C(C)(C)C. The average Bonchev–Trinajstić information content (AvgIpc) is 2.24. The van der Waals surface area contributed by atoms with Gasteiger partial charge in [0.25, 0.3) is 0 Å². The molecule has 0 aliphatic rings. The summed E-state index contributed by atoms with van der Waals surface area (Å²) in [6, 6.07) is 0. The van der Waals surface area contributed by atoms with E-state index in [2.05, 4.69) is 16.0 Å². The molecule has 0 saturated carbocycles. The first-order valence-corrected chi connectivity index (χ1v) is 6.73. The molecule has 0 bridgehead atoms. The zero-order valence-electron chi connectivity index (χ0n) is 13.3. The van der Waals surface area contributed by atoms with Gasteiger partial charge in [-0.05, 0) is 20.8 Å². The van der Waals surface area contributed by atoms with Crippen LogP contribution in [0, 0.1) is 5.41 Å². The summed E-state index contributed by atoms with van der Waals surface area (Å²) in [5.41, 5.74) is -0.670. The van der Waals surface area contributed by atoms with Crippen molar-refractivity contribution in [3.05, 3.63) is 0 Å². The molecule has 0 fully saturated rings. The first-order valence-electron chi connectivity index (χ1n) is 6.73. The van der Waals surface area contributed by atoms with Crippen molar-refractivity contribution < 1.29 is 14.4 Å². The zero-order valence-corrected chi connectivity index (χ0v) is 13.3. The van der Waals surface area contributed by atoms with E-state index < -0.39 is 5.41 Å². The van der Waals surface area contributed by atoms with E-state index in [1.54, 1.807) is 20.8 Å². The van der Waals surface area contributed by atoms with Crippen LogP contribution in [0.15, 0.2) is 0 Å². The molecule has 0 aromatic heterocycles. The number of amides is 2.